The molecule has 2 aromatic rings. The van der Waals surface area contributed by atoms with Crippen molar-refractivity contribution in [3.8, 4) is 0 Å². The van der Waals surface area contributed by atoms with E-state index in [1.165, 1.54) is 12.1 Å². The van der Waals surface area contributed by atoms with Gasteiger partial charge in [-0.1, -0.05) is 6.07 Å². The minimum atomic E-state index is -0.372. The number of carbonyl (C=O) groups excluding carboxylic acids is 1. The Morgan fingerprint density at radius 3 is 2.52 bits per heavy atom. The van der Waals surface area contributed by atoms with Crippen LogP contribution in [0.25, 0.3) is 0 Å². The molecular weight excluding hydrogens is 375 g/mol. The third-order valence-electron chi connectivity index (χ3n) is 5.09. The molecule has 9 heteroatoms. The van der Waals surface area contributed by atoms with Crippen LogP contribution >= 0.6 is 0 Å². The lowest BCUT2D eigenvalue weighted by atomic mass is 10.3. The summed E-state index contributed by atoms with van der Waals surface area (Å²) in [5, 5.41) is 2.75. The Bertz CT molecular complexity index is 866. The van der Waals surface area contributed by atoms with Gasteiger partial charge in [0.25, 0.3) is 0 Å². The monoisotopic (exact) mass is 400 g/mol. The van der Waals surface area contributed by atoms with Gasteiger partial charge < -0.3 is 24.8 Å². The summed E-state index contributed by atoms with van der Waals surface area (Å²) in [7, 11) is 0. The molecule has 0 radical (unpaired) electrons. The maximum absolute atomic E-state index is 13.3. The molecule has 0 bridgehead atoms. The first-order chi connectivity index (χ1) is 14.1. The number of anilines is 3. The second kappa shape index (κ2) is 8.60. The zero-order valence-electron chi connectivity index (χ0n) is 16.5. The molecule has 1 N–H and O–H groups in total. The van der Waals surface area contributed by atoms with Gasteiger partial charge in [-0.05, 0) is 25.1 Å². The van der Waals surface area contributed by atoms with E-state index in [4.69, 9.17) is 9.72 Å². The molecule has 4 rings (SSSR count). The van der Waals surface area contributed by atoms with Crippen molar-refractivity contribution in [1.82, 2.24) is 14.9 Å². The van der Waals surface area contributed by atoms with Crippen LogP contribution in [0.4, 0.5) is 26.6 Å². The quantitative estimate of drug-likeness (QED) is 0.851. The third kappa shape index (κ3) is 4.73. The van der Waals surface area contributed by atoms with Crippen LogP contribution in [0.1, 0.15) is 5.69 Å². The van der Waals surface area contributed by atoms with Crippen molar-refractivity contribution in [3.05, 3.63) is 41.8 Å². The van der Waals surface area contributed by atoms with Crippen molar-refractivity contribution in [1.29, 1.82) is 0 Å². The van der Waals surface area contributed by atoms with Crippen molar-refractivity contribution in [2.75, 3.05) is 67.6 Å². The Kier molecular flexibility index (Phi) is 5.75. The molecule has 3 heterocycles. The highest BCUT2D eigenvalue weighted by atomic mass is 19.1. The Hall–Kier alpha value is -2.94. The second-order valence-corrected chi connectivity index (χ2v) is 7.18. The summed E-state index contributed by atoms with van der Waals surface area (Å²) in [5.41, 5.74) is 1.38. The number of piperazine rings is 1. The molecule has 0 aliphatic carbocycles. The molecule has 0 spiro atoms. The van der Waals surface area contributed by atoms with Crippen LogP contribution in [0.5, 0.6) is 0 Å². The Balaban J connectivity index is 1.38. The van der Waals surface area contributed by atoms with Crippen molar-refractivity contribution < 1.29 is 13.9 Å². The van der Waals surface area contributed by atoms with Gasteiger partial charge in [0.15, 0.2) is 0 Å². The summed E-state index contributed by atoms with van der Waals surface area (Å²) in [5.74, 6) is 1.24. The highest BCUT2D eigenvalue weighted by molar-refractivity contribution is 5.89. The summed E-state index contributed by atoms with van der Waals surface area (Å²) >= 11 is 0. The zero-order valence-corrected chi connectivity index (χ0v) is 16.5. The van der Waals surface area contributed by atoms with Crippen LogP contribution in [0, 0.1) is 12.7 Å². The van der Waals surface area contributed by atoms with E-state index in [0.717, 1.165) is 30.5 Å². The van der Waals surface area contributed by atoms with Crippen molar-refractivity contribution >= 4 is 23.5 Å². The zero-order chi connectivity index (χ0) is 20.2. The largest absolute Gasteiger partial charge is 0.378 e. The van der Waals surface area contributed by atoms with Crippen LogP contribution in [0.15, 0.2) is 30.3 Å². The molecular formula is C20H25FN6O2. The molecule has 8 nitrogen and oxygen atoms in total. The number of hydrogen-bond acceptors (Lipinski definition) is 6. The number of urea groups is 1. The molecule has 154 valence electrons. The summed E-state index contributed by atoms with van der Waals surface area (Å²) in [6, 6.07) is 7.67. The number of hydrogen-bond donors (Lipinski definition) is 1. The van der Waals surface area contributed by atoms with E-state index in [9.17, 15) is 9.18 Å². The number of aryl methyl sites for hydroxylation is 1. The topological polar surface area (TPSA) is 73.8 Å². The molecule has 2 aliphatic rings. The Morgan fingerprint density at radius 1 is 1.03 bits per heavy atom. The van der Waals surface area contributed by atoms with Crippen LogP contribution < -0.4 is 15.1 Å². The first kappa shape index (κ1) is 19.4. The van der Waals surface area contributed by atoms with Crippen LogP contribution in [0.2, 0.25) is 0 Å². The number of nitrogens with one attached hydrogen (secondary N) is 1. The normalized spacial score (nSPS) is 17.4. The van der Waals surface area contributed by atoms with Crippen molar-refractivity contribution in [2.45, 2.75) is 6.92 Å². The number of carbonyl (C=O) groups is 1. The average Bonchev–Trinajstić information content (AvgIpc) is 2.74. The maximum Gasteiger partial charge on any atom is 0.321 e. The predicted molar refractivity (Wildman–Crippen MR) is 109 cm³/mol. The SMILES string of the molecule is Cc1cc(N2CCN(C(=O)Nc3cccc(F)c3)CC2)nc(N2CCOCC2)n1. The first-order valence-corrected chi connectivity index (χ1v) is 9.83. The number of halogens is 1. The van der Waals surface area contributed by atoms with Gasteiger partial charge in [0.05, 0.1) is 13.2 Å². The number of nitrogens with zero attached hydrogens (tertiary/aromatic N) is 5. The van der Waals surface area contributed by atoms with Gasteiger partial charge in [0.1, 0.15) is 11.6 Å². The molecule has 0 saturated carbocycles. The number of benzene rings is 1. The molecule has 1 aromatic heterocycles. The smallest absolute Gasteiger partial charge is 0.321 e. The Labute approximate surface area is 169 Å². The minimum absolute atomic E-state index is 0.219. The average molecular weight is 400 g/mol. The molecule has 0 unspecified atom stereocenters. The summed E-state index contributed by atoms with van der Waals surface area (Å²) in [4.78, 5) is 27.8. The molecule has 2 fully saturated rings. The fourth-order valence-electron chi connectivity index (χ4n) is 3.51. The van der Waals surface area contributed by atoms with Gasteiger partial charge in [-0.25, -0.2) is 14.2 Å². The summed E-state index contributed by atoms with van der Waals surface area (Å²) in [6.07, 6.45) is 0. The van der Waals surface area contributed by atoms with Gasteiger partial charge in [0.2, 0.25) is 5.95 Å². The minimum Gasteiger partial charge on any atom is -0.378 e. The number of aromatic nitrogens is 2. The second-order valence-electron chi connectivity index (χ2n) is 7.18. The Morgan fingerprint density at radius 2 is 1.79 bits per heavy atom. The van der Waals surface area contributed by atoms with E-state index >= 15 is 0 Å². The predicted octanol–water partition coefficient (Wildman–Crippen LogP) is 2.11. The number of amides is 2. The lowest BCUT2D eigenvalue weighted by Gasteiger charge is -2.36. The third-order valence-corrected chi connectivity index (χ3v) is 5.09. The van der Waals surface area contributed by atoms with E-state index in [2.05, 4.69) is 20.1 Å². The number of rotatable bonds is 3. The highest BCUT2D eigenvalue weighted by Gasteiger charge is 2.23. The van der Waals surface area contributed by atoms with E-state index in [1.54, 1.807) is 17.0 Å². The van der Waals surface area contributed by atoms with E-state index < -0.39 is 0 Å². The summed E-state index contributed by atoms with van der Waals surface area (Å²) in [6.45, 7) is 7.41. The van der Waals surface area contributed by atoms with E-state index in [0.29, 0.717) is 45.1 Å². The van der Waals surface area contributed by atoms with Crippen molar-refractivity contribution in [2.24, 2.45) is 0 Å². The number of ether oxygens (including phenoxy) is 1. The van der Waals surface area contributed by atoms with Gasteiger partial charge in [-0.15, -0.1) is 0 Å². The van der Waals surface area contributed by atoms with Gasteiger partial charge in [-0.3, -0.25) is 0 Å². The van der Waals surface area contributed by atoms with Crippen molar-refractivity contribution in [3.63, 3.8) is 0 Å². The fraction of sp³-hybridized carbons (Fsp3) is 0.450. The van der Waals surface area contributed by atoms with E-state index in [1.807, 2.05) is 13.0 Å². The van der Waals surface area contributed by atoms with Crippen LogP contribution in [-0.2, 0) is 4.74 Å². The van der Waals surface area contributed by atoms with Crippen LogP contribution in [0.3, 0.4) is 0 Å². The number of morpholine rings is 1. The highest BCUT2D eigenvalue weighted by Crippen LogP contribution is 2.20. The lowest BCUT2D eigenvalue weighted by Crippen LogP contribution is -2.50. The first-order valence-electron chi connectivity index (χ1n) is 9.83. The van der Waals surface area contributed by atoms with Crippen LogP contribution in [-0.4, -0.2) is 73.4 Å². The molecule has 0 atom stereocenters. The summed E-state index contributed by atoms with van der Waals surface area (Å²) < 4.78 is 18.7. The molecule has 29 heavy (non-hydrogen) atoms. The van der Waals surface area contributed by atoms with Gasteiger partial charge >= 0.3 is 6.03 Å². The lowest BCUT2D eigenvalue weighted by molar-refractivity contribution is 0.122. The maximum atomic E-state index is 13.3. The van der Waals surface area contributed by atoms with Gasteiger partial charge in [0, 0.05) is 56.7 Å². The molecule has 2 aliphatic heterocycles. The molecule has 2 amide bonds. The standard InChI is InChI=1S/C20H25FN6O2/c1-15-13-18(24-19(22-15)26-9-11-29-12-10-26)25-5-7-27(8-6-25)20(28)23-17-4-2-3-16(21)14-17/h2-4,13-14H,5-12H2,1H3,(H,23,28). The van der Waals surface area contributed by atoms with Gasteiger partial charge in [-0.2, -0.15) is 4.98 Å². The van der Waals surface area contributed by atoms with E-state index in [-0.39, 0.29) is 11.8 Å². The molecule has 2 saturated heterocycles. The fourth-order valence-corrected chi connectivity index (χ4v) is 3.51. The molecule has 1 aromatic carbocycles.